The van der Waals surface area contributed by atoms with Crippen molar-refractivity contribution in [2.75, 3.05) is 19.4 Å². The van der Waals surface area contributed by atoms with E-state index in [4.69, 9.17) is 16.3 Å². The highest BCUT2D eigenvalue weighted by atomic mass is 35.5. The number of fused-ring (bicyclic) bond motifs is 1. The molecule has 31 heavy (non-hydrogen) atoms. The van der Waals surface area contributed by atoms with Crippen LogP contribution in [0.25, 0.3) is 16.8 Å². The molecule has 0 unspecified atom stereocenters. The molecule has 1 amide bonds. The first kappa shape index (κ1) is 21.2. The Morgan fingerprint density at radius 3 is 2.68 bits per heavy atom. The quantitative estimate of drug-likeness (QED) is 0.398. The first-order valence-corrected chi connectivity index (χ1v) is 11.1. The van der Waals surface area contributed by atoms with Crippen LogP contribution >= 0.6 is 23.4 Å². The Kier molecular flexibility index (Phi) is 6.74. The molecule has 4 rings (SSSR count). The number of thioether (sulfide) groups is 1. The van der Waals surface area contributed by atoms with Gasteiger partial charge >= 0.3 is 0 Å². The molecular weight excluding hydrogens is 432 g/mol. The zero-order chi connectivity index (χ0) is 21.6. The highest BCUT2D eigenvalue weighted by Crippen LogP contribution is 2.27. The summed E-state index contributed by atoms with van der Waals surface area (Å²) in [5, 5.41) is 9.05. The van der Waals surface area contributed by atoms with Crippen LogP contribution in [-0.2, 0) is 11.2 Å². The first-order valence-electron chi connectivity index (χ1n) is 9.75. The smallest absolute Gasteiger partial charge is 0.230 e. The van der Waals surface area contributed by atoms with E-state index in [1.54, 1.807) is 24.0 Å². The van der Waals surface area contributed by atoms with Crippen molar-refractivity contribution in [2.45, 2.75) is 11.4 Å². The maximum Gasteiger partial charge on any atom is 0.230 e. The summed E-state index contributed by atoms with van der Waals surface area (Å²) < 4.78 is 7.00. The Hall–Kier alpha value is -3.03. The molecule has 4 aromatic rings. The van der Waals surface area contributed by atoms with Crippen LogP contribution in [0, 0.1) is 0 Å². The predicted octanol–water partition coefficient (Wildman–Crippen LogP) is 4.51. The van der Waals surface area contributed by atoms with Gasteiger partial charge in [0.15, 0.2) is 0 Å². The van der Waals surface area contributed by atoms with Crippen molar-refractivity contribution in [3.8, 4) is 17.0 Å². The summed E-state index contributed by atoms with van der Waals surface area (Å²) in [6, 6.07) is 17.4. The molecule has 0 aliphatic carbocycles. The molecule has 0 spiro atoms. The minimum absolute atomic E-state index is 0.0299. The van der Waals surface area contributed by atoms with Crippen LogP contribution < -0.4 is 10.1 Å². The molecule has 0 aliphatic heterocycles. The second-order valence-electron chi connectivity index (χ2n) is 6.84. The molecule has 0 bridgehead atoms. The van der Waals surface area contributed by atoms with E-state index in [-0.39, 0.29) is 11.7 Å². The molecule has 0 aliphatic rings. The second kappa shape index (κ2) is 9.85. The van der Waals surface area contributed by atoms with E-state index in [2.05, 4.69) is 15.4 Å². The van der Waals surface area contributed by atoms with E-state index in [1.807, 2.05) is 54.6 Å². The van der Waals surface area contributed by atoms with E-state index >= 15 is 0 Å². The number of amides is 1. The molecule has 0 atom stereocenters. The van der Waals surface area contributed by atoms with Gasteiger partial charge in [0.25, 0.3) is 0 Å². The number of halogens is 1. The number of rotatable bonds is 8. The Morgan fingerprint density at radius 1 is 1.16 bits per heavy atom. The largest absolute Gasteiger partial charge is 0.497 e. The molecule has 2 heterocycles. The average Bonchev–Trinajstić information content (AvgIpc) is 3.24. The summed E-state index contributed by atoms with van der Waals surface area (Å²) in [6.07, 6.45) is 4.26. The van der Waals surface area contributed by atoms with Gasteiger partial charge in [0.1, 0.15) is 10.8 Å². The second-order valence-corrected chi connectivity index (χ2v) is 8.24. The standard InChI is InChI=1S/C23H21ClN4O2S/c1-30-19-8-4-17(5-9-19)20-14-21-23(26-12-13-28(21)27-20)31-15-22(29)25-11-10-16-2-6-18(24)7-3-16/h2-9,12-14H,10-11,15H2,1H3,(H,25,29). The fourth-order valence-corrected chi connectivity index (χ4v) is 4.03. The van der Waals surface area contributed by atoms with Crippen LogP contribution in [-0.4, -0.2) is 39.9 Å². The number of methoxy groups -OCH3 is 1. The molecule has 0 fully saturated rings. The summed E-state index contributed by atoms with van der Waals surface area (Å²) in [5.41, 5.74) is 3.83. The van der Waals surface area contributed by atoms with E-state index in [1.165, 1.54) is 11.8 Å². The summed E-state index contributed by atoms with van der Waals surface area (Å²) in [6.45, 7) is 0.576. The molecular formula is C23H21ClN4O2S. The van der Waals surface area contributed by atoms with Crippen LogP contribution in [0.15, 0.2) is 72.0 Å². The number of carbonyl (C=O) groups is 1. The van der Waals surface area contributed by atoms with Gasteiger partial charge in [-0.15, -0.1) is 0 Å². The summed E-state index contributed by atoms with van der Waals surface area (Å²) >= 11 is 7.30. The summed E-state index contributed by atoms with van der Waals surface area (Å²) in [7, 11) is 1.64. The highest BCUT2D eigenvalue weighted by Gasteiger charge is 2.11. The number of nitrogens with one attached hydrogen (secondary N) is 1. The lowest BCUT2D eigenvalue weighted by Gasteiger charge is -2.06. The van der Waals surface area contributed by atoms with Crippen molar-refractivity contribution in [3.63, 3.8) is 0 Å². The molecule has 158 valence electrons. The average molecular weight is 453 g/mol. The zero-order valence-electron chi connectivity index (χ0n) is 16.9. The normalized spacial score (nSPS) is 10.9. The van der Waals surface area contributed by atoms with E-state index in [9.17, 15) is 4.79 Å². The molecule has 0 saturated carbocycles. The van der Waals surface area contributed by atoms with Gasteiger partial charge < -0.3 is 10.1 Å². The number of benzene rings is 2. The summed E-state index contributed by atoms with van der Waals surface area (Å²) in [5.74, 6) is 1.06. The van der Waals surface area contributed by atoms with Crippen molar-refractivity contribution in [1.82, 2.24) is 19.9 Å². The maximum absolute atomic E-state index is 12.3. The third-order valence-electron chi connectivity index (χ3n) is 4.73. The number of hydrogen-bond donors (Lipinski definition) is 1. The Bertz CT molecular complexity index is 1180. The van der Waals surface area contributed by atoms with Crippen molar-refractivity contribution in [3.05, 3.63) is 77.6 Å². The monoisotopic (exact) mass is 452 g/mol. The Balaban J connectivity index is 1.37. The lowest BCUT2D eigenvalue weighted by atomic mass is 10.1. The molecule has 2 aromatic heterocycles. The van der Waals surface area contributed by atoms with Crippen LogP contribution in [0.5, 0.6) is 5.75 Å². The lowest BCUT2D eigenvalue weighted by molar-refractivity contribution is -0.118. The SMILES string of the molecule is COc1ccc(-c2cc3c(SCC(=O)NCCc4ccc(Cl)cc4)nccn3n2)cc1. The minimum Gasteiger partial charge on any atom is -0.497 e. The van der Waals surface area contributed by atoms with Crippen LogP contribution in [0.1, 0.15) is 5.56 Å². The lowest BCUT2D eigenvalue weighted by Crippen LogP contribution is -2.27. The first-order chi connectivity index (χ1) is 15.1. The Labute approximate surface area is 189 Å². The molecule has 1 N–H and O–H groups in total. The summed E-state index contributed by atoms with van der Waals surface area (Å²) in [4.78, 5) is 16.7. The zero-order valence-corrected chi connectivity index (χ0v) is 18.5. The topological polar surface area (TPSA) is 68.5 Å². The third-order valence-corrected chi connectivity index (χ3v) is 5.98. The van der Waals surface area contributed by atoms with E-state index < -0.39 is 0 Å². The fourth-order valence-electron chi connectivity index (χ4n) is 3.09. The van der Waals surface area contributed by atoms with Gasteiger partial charge in [-0.3, -0.25) is 4.79 Å². The molecule has 8 heteroatoms. The number of nitrogens with zero attached hydrogens (tertiary/aromatic N) is 3. The molecule has 0 radical (unpaired) electrons. The maximum atomic E-state index is 12.3. The van der Waals surface area contributed by atoms with Crippen molar-refractivity contribution >= 4 is 34.8 Å². The van der Waals surface area contributed by atoms with Crippen LogP contribution in [0.3, 0.4) is 0 Å². The fraction of sp³-hybridized carbons (Fsp3) is 0.174. The van der Waals surface area contributed by atoms with Gasteiger partial charge in [0.2, 0.25) is 5.91 Å². The Morgan fingerprint density at radius 2 is 1.94 bits per heavy atom. The van der Waals surface area contributed by atoms with Crippen LogP contribution in [0.2, 0.25) is 5.02 Å². The number of ether oxygens (including phenoxy) is 1. The number of hydrogen-bond acceptors (Lipinski definition) is 5. The van der Waals surface area contributed by atoms with Crippen molar-refractivity contribution in [1.29, 1.82) is 0 Å². The van der Waals surface area contributed by atoms with E-state index in [0.717, 1.165) is 39.5 Å². The number of carbonyl (C=O) groups excluding carboxylic acids is 1. The van der Waals surface area contributed by atoms with Crippen molar-refractivity contribution in [2.24, 2.45) is 0 Å². The van der Waals surface area contributed by atoms with Gasteiger partial charge in [-0.2, -0.15) is 5.10 Å². The molecule has 6 nitrogen and oxygen atoms in total. The predicted molar refractivity (Wildman–Crippen MR) is 124 cm³/mol. The van der Waals surface area contributed by atoms with Gasteiger partial charge in [-0.25, -0.2) is 9.50 Å². The van der Waals surface area contributed by atoms with Gasteiger partial charge in [0, 0.05) is 29.5 Å². The van der Waals surface area contributed by atoms with Crippen LogP contribution in [0.4, 0.5) is 0 Å². The van der Waals surface area contributed by atoms with Crippen molar-refractivity contribution < 1.29 is 9.53 Å². The third kappa shape index (κ3) is 5.37. The minimum atomic E-state index is -0.0299. The van der Waals surface area contributed by atoms with Gasteiger partial charge in [0.05, 0.1) is 24.1 Å². The van der Waals surface area contributed by atoms with Gasteiger partial charge in [-0.05, 0) is 54.4 Å². The van der Waals surface area contributed by atoms with E-state index in [0.29, 0.717) is 11.6 Å². The molecule has 0 saturated heterocycles. The highest BCUT2D eigenvalue weighted by molar-refractivity contribution is 8.00. The number of aromatic nitrogens is 3. The molecule has 2 aromatic carbocycles. The van der Waals surface area contributed by atoms with Gasteiger partial charge in [-0.1, -0.05) is 35.5 Å².